The Morgan fingerprint density at radius 3 is 2.23 bits per heavy atom. The summed E-state index contributed by atoms with van der Waals surface area (Å²) in [5.41, 5.74) is 8.46. The van der Waals surface area contributed by atoms with Crippen LogP contribution in [-0.2, 0) is 36.8 Å². The third kappa shape index (κ3) is 15.4. The average Bonchev–Trinajstić information content (AvgIpc) is 4.19. The van der Waals surface area contributed by atoms with E-state index >= 15 is 0 Å². The fraction of sp³-hybridized carbons (Fsp3) is 0.476. The Morgan fingerprint density at radius 1 is 0.827 bits per heavy atom. The Morgan fingerprint density at radius 2 is 1.53 bits per heavy atom. The molecule has 0 aliphatic carbocycles. The fourth-order valence-electron chi connectivity index (χ4n) is 11.5. The van der Waals surface area contributed by atoms with Crippen LogP contribution in [0.2, 0.25) is 0 Å². The largest absolute Gasteiger partial charge is 0.391 e. The van der Waals surface area contributed by atoms with Crippen molar-refractivity contribution >= 4 is 68.7 Å². The number of β-amino-alcohol motifs (C(OH)–C–C–N with tert-alkyl or cyclic N) is 1. The molecule has 3 fully saturated rings. The van der Waals surface area contributed by atoms with E-state index in [1.807, 2.05) is 98.8 Å². The van der Waals surface area contributed by atoms with Crippen LogP contribution in [0.3, 0.4) is 0 Å². The van der Waals surface area contributed by atoms with Crippen LogP contribution in [-0.4, -0.2) is 124 Å². The van der Waals surface area contributed by atoms with Gasteiger partial charge in [-0.1, -0.05) is 70.4 Å². The van der Waals surface area contributed by atoms with Crippen LogP contribution in [0, 0.1) is 29.9 Å². The molecule has 0 saturated carbocycles. The molecule has 0 spiro atoms. The number of hydrogen-bond acceptors (Lipinski definition) is 12. The minimum atomic E-state index is -0.797. The fourth-order valence-corrected chi connectivity index (χ4v) is 12.3. The van der Waals surface area contributed by atoms with Crippen LogP contribution in [0.25, 0.3) is 21.3 Å². The first-order valence-electron chi connectivity index (χ1n) is 28.7. The molecule has 5 heterocycles. The van der Waals surface area contributed by atoms with Crippen LogP contribution in [0.15, 0.2) is 84.4 Å². The summed E-state index contributed by atoms with van der Waals surface area (Å²) in [6, 6.07) is 22.3. The molecule has 3 aliphatic heterocycles. The molecular weight excluding hydrogens is 1050 g/mol. The highest BCUT2D eigenvalue weighted by Crippen LogP contribution is 2.36. The molecule has 3 amide bonds. The number of thiazole rings is 1. The third-order valence-electron chi connectivity index (χ3n) is 16.2. The molecule has 0 bridgehead atoms. The van der Waals surface area contributed by atoms with E-state index in [9.17, 15) is 37.9 Å². The number of aromatic nitrogens is 3. The zero-order chi connectivity index (χ0) is 57.2. The number of H-pyrrole nitrogens is 1. The van der Waals surface area contributed by atoms with E-state index in [2.05, 4.69) is 30.7 Å². The summed E-state index contributed by atoms with van der Waals surface area (Å²) in [4.78, 5) is 79.9. The Balaban J connectivity index is 0.704. The van der Waals surface area contributed by atoms with E-state index in [1.165, 1.54) is 17.0 Å². The number of nitrogens with one attached hydrogen (secondary N) is 3. The highest BCUT2D eigenvalue weighted by atomic mass is 32.1. The van der Waals surface area contributed by atoms with Gasteiger partial charge in [0.1, 0.15) is 17.4 Å². The van der Waals surface area contributed by atoms with E-state index in [1.54, 1.807) is 11.3 Å². The first-order valence-corrected chi connectivity index (χ1v) is 29.6. The van der Waals surface area contributed by atoms with E-state index in [0.29, 0.717) is 105 Å². The van der Waals surface area contributed by atoms with Crippen molar-refractivity contribution < 1.29 is 42.6 Å². The van der Waals surface area contributed by atoms with Crippen molar-refractivity contribution in [3.05, 3.63) is 124 Å². The summed E-state index contributed by atoms with van der Waals surface area (Å²) in [6.07, 6.45) is 6.99. The lowest BCUT2D eigenvalue weighted by molar-refractivity contribution is -0.145. The summed E-state index contributed by atoms with van der Waals surface area (Å²) in [5.74, 6) is -2.10. The number of ketones is 2. The molecule has 0 radical (unpaired) electrons. The number of fused-ring (bicyclic) bond motifs is 1. The number of carbonyl (C=O) groups excluding carboxylic acids is 5. The van der Waals surface area contributed by atoms with Gasteiger partial charge >= 0.3 is 0 Å². The molecule has 6 aromatic rings. The van der Waals surface area contributed by atoms with Crippen molar-refractivity contribution in [3.63, 3.8) is 0 Å². The minimum Gasteiger partial charge on any atom is -0.391 e. The van der Waals surface area contributed by atoms with Crippen molar-refractivity contribution in [1.29, 1.82) is 0 Å². The molecule has 2 aromatic heterocycles. The van der Waals surface area contributed by atoms with Gasteiger partial charge in [-0.3, -0.25) is 29.1 Å². The van der Waals surface area contributed by atoms with Gasteiger partial charge in [-0.2, -0.15) is 5.10 Å². The average molecular weight is 1130 g/mol. The van der Waals surface area contributed by atoms with E-state index < -0.39 is 35.1 Å². The van der Waals surface area contributed by atoms with Crippen LogP contribution in [0.1, 0.15) is 131 Å². The molecule has 15 nitrogen and oxygen atoms in total. The van der Waals surface area contributed by atoms with E-state index in [-0.39, 0.29) is 61.1 Å². The zero-order valence-corrected chi connectivity index (χ0v) is 47.9. The summed E-state index contributed by atoms with van der Waals surface area (Å²) in [5, 5.41) is 25.3. The topological polar surface area (TPSA) is 190 Å². The van der Waals surface area contributed by atoms with Gasteiger partial charge in [0.15, 0.2) is 11.6 Å². The highest BCUT2D eigenvalue weighted by Gasteiger charge is 2.44. The number of Topliss-reactive ketones (excluding diaryl/α,β-unsaturated/α-hetero) is 2. The Bertz CT molecular complexity index is 3160. The molecular formula is C63H76F2N8O7S. The van der Waals surface area contributed by atoms with Gasteiger partial charge < -0.3 is 35.2 Å². The van der Waals surface area contributed by atoms with Gasteiger partial charge in [-0.15, -0.1) is 11.3 Å². The quantitative estimate of drug-likeness (QED) is 0.0447. The number of piperazine rings is 1. The number of halogens is 2. The number of rotatable bonds is 23. The van der Waals surface area contributed by atoms with E-state index in [0.717, 1.165) is 77.5 Å². The minimum absolute atomic E-state index is 0.0152. The van der Waals surface area contributed by atoms with Crippen LogP contribution >= 0.6 is 11.3 Å². The molecule has 18 heteroatoms. The third-order valence-corrected chi connectivity index (χ3v) is 17.2. The smallest absolute Gasteiger partial charge is 0.258 e. The molecule has 3 saturated heterocycles. The lowest BCUT2D eigenvalue weighted by Crippen LogP contribution is -2.48. The second-order valence-electron chi connectivity index (χ2n) is 23.2. The number of likely N-dealkylation sites (tertiary alicyclic amines) is 1. The van der Waals surface area contributed by atoms with Crippen LogP contribution in [0.5, 0.6) is 0 Å². The SMILES string of the molecule is Cc1ncsc1-c1ccc(CCC(=O)[C@@H]2C[C@@H](O)CN2C(=O)[C@@H](CC(=O)CCCCCCCC(=O)N2CCN(c3ccc(C(=O)Nc4n[nH]c5ccc(Cc6cc(F)cc(F)c6)cc45)c(NC4CCOCC4)c3)CC2)C(C)(C)C)cc1. The number of hydrogen-bond donors (Lipinski definition) is 4. The standard InChI is InChI=1S/C63H76F2N8O7S/c1-40-59(81-39-66-40)44-16-12-41(13-17-44)15-21-57(76)56-37-50(75)38-73(56)62(79)53(63(2,3)4)36-49(74)10-8-6-5-7-9-11-58(77)72-26-24-71(25-27-72)48-18-19-51(55(35-48)67-47-22-28-80-29-23-47)61(78)68-60-52-33-42(14-20-54(52)69-70-60)30-43-31-45(64)34-46(65)32-43/h12-14,16-20,31-35,39,47,50,53,56,67,75H,5-11,15,21-30,36-38H2,1-4H3,(H2,68,69,70,78)/t50-,53-,56+/m1/s1. The van der Waals surface area contributed by atoms with Crippen molar-refractivity contribution in [3.8, 4) is 10.4 Å². The number of nitrogens with zero attached hydrogens (tertiary/aromatic N) is 5. The molecule has 3 atom stereocenters. The number of aliphatic hydroxyl groups excluding tert-OH is 1. The maximum Gasteiger partial charge on any atom is 0.258 e. The predicted octanol–water partition coefficient (Wildman–Crippen LogP) is 10.9. The molecule has 81 heavy (non-hydrogen) atoms. The van der Waals surface area contributed by atoms with Crippen molar-refractivity contribution in [2.75, 3.05) is 61.5 Å². The molecule has 4 N–H and O–H groups in total. The summed E-state index contributed by atoms with van der Waals surface area (Å²) in [7, 11) is 0. The van der Waals surface area contributed by atoms with Gasteiger partial charge in [0.25, 0.3) is 5.91 Å². The van der Waals surface area contributed by atoms with Crippen LogP contribution in [0.4, 0.5) is 26.0 Å². The number of aromatic amines is 1. The first kappa shape index (κ1) is 58.8. The van der Waals surface area contributed by atoms with Crippen molar-refractivity contribution in [2.24, 2.45) is 11.3 Å². The normalized spacial score (nSPS) is 17.4. The number of aliphatic hydroxyl groups is 1. The Hall–Kier alpha value is -6.89. The Kier molecular flexibility index (Phi) is 19.4. The number of amides is 3. The van der Waals surface area contributed by atoms with Gasteiger partial charge in [0.2, 0.25) is 11.8 Å². The predicted molar refractivity (Wildman–Crippen MR) is 313 cm³/mol. The van der Waals surface area contributed by atoms with Crippen molar-refractivity contribution in [1.82, 2.24) is 25.0 Å². The monoisotopic (exact) mass is 1130 g/mol. The zero-order valence-electron chi connectivity index (χ0n) is 47.0. The molecule has 3 aliphatic rings. The summed E-state index contributed by atoms with van der Waals surface area (Å²) in [6.45, 7) is 11.6. The van der Waals surface area contributed by atoms with Gasteiger partial charge in [0, 0.05) is 113 Å². The second kappa shape index (κ2) is 26.8. The van der Waals surface area contributed by atoms with Crippen LogP contribution < -0.4 is 15.5 Å². The highest BCUT2D eigenvalue weighted by molar-refractivity contribution is 7.13. The van der Waals surface area contributed by atoms with Crippen molar-refractivity contribution in [2.45, 2.75) is 136 Å². The maximum atomic E-state index is 14.2. The number of ether oxygens (including phenoxy) is 1. The molecule has 0 unspecified atom stereocenters. The maximum absolute atomic E-state index is 14.2. The van der Waals surface area contributed by atoms with Gasteiger partial charge in [-0.25, -0.2) is 13.8 Å². The molecule has 4 aromatic carbocycles. The summed E-state index contributed by atoms with van der Waals surface area (Å²) >= 11 is 1.59. The number of anilines is 3. The number of carbonyl (C=O) groups is 5. The second-order valence-corrected chi connectivity index (χ2v) is 24.1. The number of aryl methyl sites for hydroxylation is 2. The van der Waals surface area contributed by atoms with Gasteiger partial charge in [-0.05, 0) is 116 Å². The molecule has 430 valence electrons. The lowest BCUT2D eigenvalue weighted by atomic mass is 9.76. The number of benzene rings is 4. The Labute approximate surface area is 477 Å². The van der Waals surface area contributed by atoms with E-state index in [4.69, 9.17) is 4.74 Å². The number of unbranched alkanes of at least 4 members (excludes halogenated alkanes) is 4. The first-order chi connectivity index (χ1) is 38.9. The van der Waals surface area contributed by atoms with Gasteiger partial charge in [0.05, 0.1) is 39.3 Å². The molecule has 9 rings (SSSR count). The lowest BCUT2D eigenvalue weighted by Gasteiger charge is -2.36. The summed E-state index contributed by atoms with van der Waals surface area (Å²) < 4.78 is 33.5.